The van der Waals surface area contributed by atoms with Crippen LogP contribution in [0.5, 0.6) is 0 Å². The molecular formula is C18H20N4OS. The fourth-order valence-corrected chi connectivity index (χ4v) is 4.29. The highest BCUT2D eigenvalue weighted by Gasteiger charge is 2.34. The quantitative estimate of drug-likeness (QED) is 0.729. The zero-order valence-electron chi connectivity index (χ0n) is 13.9. The molecular weight excluding hydrogens is 320 g/mol. The summed E-state index contributed by atoms with van der Waals surface area (Å²) in [5.74, 6) is 1.09. The van der Waals surface area contributed by atoms with Gasteiger partial charge in [-0.2, -0.15) is 0 Å². The van der Waals surface area contributed by atoms with Crippen LogP contribution in [0.3, 0.4) is 0 Å². The maximum atomic E-state index is 12.9. The van der Waals surface area contributed by atoms with Gasteiger partial charge in [0, 0.05) is 13.1 Å². The van der Waals surface area contributed by atoms with Crippen LogP contribution in [-0.2, 0) is 6.54 Å². The smallest absolute Gasteiger partial charge is 0.266 e. The summed E-state index contributed by atoms with van der Waals surface area (Å²) in [6.45, 7) is 5.70. The van der Waals surface area contributed by atoms with Crippen LogP contribution in [0, 0.1) is 6.92 Å². The van der Waals surface area contributed by atoms with Crippen LogP contribution in [0.2, 0.25) is 0 Å². The van der Waals surface area contributed by atoms with Gasteiger partial charge in [-0.3, -0.25) is 4.79 Å². The zero-order valence-corrected chi connectivity index (χ0v) is 14.7. The lowest BCUT2D eigenvalue weighted by Crippen LogP contribution is -2.31. The van der Waals surface area contributed by atoms with Gasteiger partial charge in [-0.05, 0) is 38.8 Å². The van der Waals surface area contributed by atoms with Crippen molar-refractivity contribution in [3.8, 4) is 0 Å². The highest BCUT2D eigenvalue weighted by Crippen LogP contribution is 2.35. The third-order valence-corrected chi connectivity index (χ3v) is 5.54. The zero-order chi connectivity index (χ0) is 16.7. The molecule has 5 nitrogen and oxygen atoms in total. The Balaban J connectivity index is 1.74. The monoisotopic (exact) mass is 340 g/mol. The maximum Gasteiger partial charge on any atom is 0.266 e. The number of thiazole rings is 1. The van der Waals surface area contributed by atoms with Gasteiger partial charge in [0.1, 0.15) is 10.7 Å². The van der Waals surface area contributed by atoms with Crippen LogP contribution in [0.25, 0.3) is 11.0 Å². The molecule has 24 heavy (non-hydrogen) atoms. The molecule has 1 saturated heterocycles. The van der Waals surface area contributed by atoms with E-state index >= 15 is 0 Å². The van der Waals surface area contributed by atoms with Gasteiger partial charge in [0.15, 0.2) is 0 Å². The molecule has 1 unspecified atom stereocenters. The molecule has 0 bridgehead atoms. The summed E-state index contributed by atoms with van der Waals surface area (Å²) in [6.07, 6.45) is 3.68. The number of amides is 1. The summed E-state index contributed by atoms with van der Waals surface area (Å²) in [5.41, 5.74) is 2.14. The number of rotatable bonds is 3. The van der Waals surface area contributed by atoms with Gasteiger partial charge in [-0.25, -0.2) is 9.97 Å². The normalized spacial score (nSPS) is 17.8. The van der Waals surface area contributed by atoms with Gasteiger partial charge in [0.2, 0.25) is 0 Å². The van der Waals surface area contributed by atoms with Crippen LogP contribution >= 0.6 is 11.3 Å². The second-order valence-corrected chi connectivity index (χ2v) is 7.34. The molecule has 1 aromatic carbocycles. The molecule has 0 aliphatic carbocycles. The molecule has 124 valence electrons. The van der Waals surface area contributed by atoms with Crippen molar-refractivity contribution in [1.29, 1.82) is 0 Å². The molecule has 0 spiro atoms. The first-order valence-electron chi connectivity index (χ1n) is 8.37. The standard InChI is InChI=1S/C18H20N4OS/c1-3-21-14-8-5-4-7-13(14)20-17(21)15-9-6-10-22(15)18(23)16-11-19-12(2)24-16/h4-5,7-8,11,15H,3,6,9-10H2,1-2H3. The fraction of sp³-hybridized carbons (Fsp3) is 0.389. The van der Waals surface area contributed by atoms with Gasteiger partial charge < -0.3 is 9.47 Å². The summed E-state index contributed by atoms with van der Waals surface area (Å²) in [6, 6.07) is 8.24. The summed E-state index contributed by atoms with van der Waals surface area (Å²) in [5, 5.41) is 0.926. The van der Waals surface area contributed by atoms with Crippen LogP contribution < -0.4 is 0 Å². The number of carbonyl (C=O) groups is 1. The van der Waals surface area contributed by atoms with Crippen molar-refractivity contribution in [3.63, 3.8) is 0 Å². The Morgan fingerprint density at radius 3 is 2.96 bits per heavy atom. The Kier molecular flexibility index (Phi) is 3.84. The number of nitrogens with zero attached hydrogens (tertiary/aromatic N) is 4. The molecule has 4 rings (SSSR count). The van der Waals surface area contributed by atoms with E-state index in [9.17, 15) is 4.79 Å². The summed E-state index contributed by atoms with van der Waals surface area (Å²) >= 11 is 1.47. The largest absolute Gasteiger partial charge is 0.328 e. The Morgan fingerprint density at radius 1 is 1.38 bits per heavy atom. The fourth-order valence-electron chi connectivity index (χ4n) is 3.56. The Hall–Kier alpha value is -2.21. The van der Waals surface area contributed by atoms with Gasteiger partial charge in [-0.15, -0.1) is 11.3 Å². The van der Waals surface area contributed by atoms with E-state index in [2.05, 4.69) is 22.5 Å². The van der Waals surface area contributed by atoms with Crippen molar-refractivity contribution in [2.45, 2.75) is 39.3 Å². The minimum absolute atomic E-state index is 0.0484. The molecule has 3 heterocycles. The van der Waals surface area contributed by atoms with Crippen molar-refractivity contribution < 1.29 is 4.79 Å². The number of para-hydroxylation sites is 2. The van der Waals surface area contributed by atoms with Crippen molar-refractivity contribution in [1.82, 2.24) is 19.4 Å². The highest BCUT2D eigenvalue weighted by molar-refractivity contribution is 7.13. The molecule has 3 aromatic rings. The molecule has 6 heteroatoms. The van der Waals surface area contributed by atoms with Crippen LogP contribution in [0.1, 0.15) is 46.3 Å². The number of aromatic nitrogens is 3. The molecule has 2 aromatic heterocycles. The predicted molar refractivity (Wildman–Crippen MR) is 95.3 cm³/mol. The van der Waals surface area contributed by atoms with E-state index in [1.807, 2.05) is 30.0 Å². The van der Waals surface area contributed by atoms with Crippen molar-refractivity contribution in [2.24, 2.45) is 0 Å². The molecule has 0 N–H and O–H groups in total. The average Bonchev–Trinajstić information content (AvgIpc) is 3.31. The van der Waals surface area contributed by atoms with Crippen molar-refractivity contribution >= 4 is 28.3 Å². The molecule has 1 fully saturated rings. The topological polar surface area (TPSA) is 51.0 Å². The number of likely N-dealkylation sites (tertiary alicyclic amines) is 1. The number of aryl methyl sites for hydroxylation is 2. The minimum Gasteiger partial charge on any atom is -0.328 e. The number of imidazole rings is 1. The molecule has 1 aliphatic rings. The van der Waals surface area contributed by atoms with Gasteiger partial charge in [0.05, 0.1) is 28.3 Å². The lowest BCUT2D eigenvalue weighted by molar-refractivity contribution is 0.0732. The summed E-state index contributed by atoms with van der Waals surface area (Å²) in [7, 11) is 0. The van der Waals surface area contributed by atoms with Gasteiger partial charge in [-0.1, -0.05) is 12.1 Å². The number of benzene rings is 1. The first-order valence-corrected chi connectivity index (χ1v) is 9.19. The van der Waals surface area contributed by atoms with E-state index in [1.165, 1.54) is 11.3 Å². The Bertz CT molecular complexity index is 897. The lowest BCUT2D eigenvalue weighted by Gasteiger charge is -2.24. The molecule has 0 radical (unpaired) electrons. The lowest BCUT2D eigenvalue weighted by atomic mass is 10.2. The molecule has 1 atom stereocenters. The second kappa shape index (κ2) is 6.02. The number of carbonyl (C=O) groups excluding carboxylic acids is 1. The van der Waals surface area contributed by atoms with Crippen molar-refractivity contribution in [3.05, 3.63) is 46.2 Å². The maximum absolute atomic E-state index is 12.9. The summed E-state index contributed by atoms with van der Waals surface area (Å²) in [4.78, 5) is 24.7. The first-order chi connectivity index (χ1) is 11.7. The Labute approximate surface area is 145 Å². The van der Waals surface area contributed by atoms with E-state index in [4.69, 9.17) is 4.98 Å². The third-order valence-electron chi connectivity index (χ3n) is 4.64. The predicted octanol–water partition coefficient (Wildman–Crippen LogP) is 3.80. The van der Waals surface area contributed by atoms with E-state index in [0.29, 0.717) is 0 Å². The third kappa shape index (κ3) is 2.41. The van der Waals surface area contributed by atoms with Gasteiger partial charge >= 0.3 is 0 Å². The SMILES string of the molecule is CCn1c(C2CCCN2C(=O)c2cnc(C)s2)nc2ccccc21. The number of hydrogen-bond donors (Lipinski definition) is 0. The number of hydrogen-bond acceptors (Lipinski definition) is 4. The molecule has 1 aliphatic heterocycles. The van der Waals surface area contributed by atoms with E-state index in [1.54, 1.807) is 6.20 Å². The minimum atomic E-state index is 0.0484. The van der Waals surface area contributed by atoms with Gasteiger partial charge in [0.25, 0.3) is 5.91 Å². The molecule has 0 saturated carbocycles. The van der Waals surface area contributed by atoms with E-state index < -0.39 is 0 Å². The van der Waals surface area contributed by atoms with E-state index in [0.717, 1.165) is 52.7 Å². The Morgan fingerprint density at radius 2 is 2.21 bits per heavy atom. The van der Waals surface area contributed by atoms with E-state index in [-0.39, 0.29) is 11.9 Å². The number of fused-ring (bicyclic) bond motifs is 1. The highest BCUT2D eigenvalue weighted by atomic mass is 32.1. The first kappa shape index (κ1) is 15.3. The van der Waals surface area contributed by atoms with Crippen LogP contribution in [0.4, 0.5) is 0 Å². The second-order valence-electron chi connectivity index (χ2n) is 6.10. The van der Waals surface area contributed by atoms with Crippen LogP contribution in [-0.4, -0.2) is 31.9 Å². The average molecular weight is 340 g/mol. The van der Waals surface area contributed by atoms with Crippen molar-refractivity contribution in [2.75, 3.05) is 6.54 Å². The summed E-state index contributed by atoms with van der Waals surface area (Å²) < 4.78 is 2.24. The van der Waals surface area contributed by atoms with Crippen LogP contribution in [0.15, 0.2) is 30.5 Å². The molecule has 1 amide bonds.